The van der Waals surface area contributed by atoms with Crippen molar-refractivity contribution in [1.82, 2.24) is 5.32 Å². The van der Waals surface area contributed by atoms with Gasteiger partial charge in [0.05, 0.1) is 6.10 Å². The van der Waals surface area contributed by atoms with Crippen molar-refractivity contribution in [1.29, 1.82) is 0 Å². The average Bonchev–Trinajstić information content (AvgIpc) is 2.74. The highest BCUT2D eigenvalue weighted by atomic mass is 16.5. The van der Waals surface area contributed by atoms with E-state index in [9.17, 15) is 5.11 Å². The second kappa shape index (κ2) is 6.03. The molecule has 0 spiro atoms. The van der Waals surface area contributed by atoms with E-state index in [1.807, 2.05) is 12.1 Å². The number of rotatable bonds is 5. The lowest BCUT2D eigenvalue weighted by atomic mass is 10.2. The van der Waals surface area contributed by atoms with E-state index in [-0.39, 0.29) is 12.2 Å². The first-order valence-electron chi connectivity index (χ1n) is 6.44. The molecule has 0 bridgehead atoms. The summed E-state index contributed by atoms with van der Waals surface area (Å²) in [5, 5.41) is 13.0. The van der Waals surface area contributed by atoms with E-state index < -0.39 is 0 Å². The Morgan fingerprint density at radius 2 is 2.06 bits per heavy atom. The maximum Gasteiger partial charge on any atom is 0.124 e. The van der Waals surface area contributed by atoms with Crippen LogP contribution in [0.4, 0.5) is 0 Å². The second-order valence-corrected chi connectivity index (χ2v) is 4.58. The summed E-state index contributed by atoms with van der Waals surface area (Å²) in [7, 11) is 0. The summed E-state index contributed by atoms with van der Waals surface area (Å²) >= 11 is 0. The minimum Gasteiger partial charge on any atom is -0.488 e. The molecule has 2 atom stereocenters. The standard InChI is InChI=1S/C14H21NO2/c1-2-15-10-11-6-8-12(9-7-11)17-14-5-3-4-13(14)16/h6-9,13-16H,2-5,10H2,1H3. The Bertz CT molecular complexity index is 337. The van der Waals surface area contributed by atoms with Gasteiger partial charge in [0, 0.05) is 6.54 Å². The van der Waals surface area contributed by atoms with Crippen LogP contribution in [0.15, 0.2) is 24.3 Å². The van der Waals surface area contributed by atoms with E-state index in [0.29, 0.717) is 0 Å². The average molecular weight is 235 g/mol. The van der Waals surface area contributed by atoms with Gasteiger partial charge in [-0.15, -0.1) is 0 Å². The third-order valence-corrected chi connectivity index (χ3v) is 3.21. The maximum absolute atomic E-state index is 9.69. The Balaban J connectivity index is 1.89. The number of aliphatic hydroxyl groups excluding tert-OH is 1. The van der Waals surface area contributed by atoms with E-state index in [1.54, 1.807) is 0 Å². The third-order valence-electron chi connectivity index (χ3n) is 3.21. The molecule has 1 aliphatic carbocycles. The van der Waals surface area contributed by atoms with Gasteiger partial charge in [0.2, 0.25) is 0 Å². The molecule has 17 heavy (non-hydrogen) atoms. The molecule has 2 N–H and O–H groups in total. The Morgan fingerprint density at radius 3 is 2.65 bits per heavy atom. The Morgan fingerprint density at radius 1 is 1.29 bits per heavy atom. The van der Waals surface area contributed by atoms with Gasteiger partial charge < -0.3 is 15.2 Å². The number of aliphatic hydroxyl groups is 1. The van der Waals surface area contributed by atoms with Crippen molar-refractivity contribution >= 4 is 0 Å². The van der Waals surface area contributed by atoms with Crippen molar-refractivity contribution in [3.63, 3.8) is 0 Å². The van der Waals surface area contributed by atoms with Gasteiger partial charge in [0.15, 0.2) is 0 Å². The predicted octanol–water partition coefficient (Wildman–Crippen LogP) is 2.09. The minimum absolute atomic E-state index is 0.0189. The topological polar surface area (TPSA) is 41.5 Å². The predicted molar refractivity (Wildman–Crippen MR) is 68.1 cm³/mol. The van der Waals surface area contributed by atoms with Crippen LogP contribution in [0.3, 0.4) is 0 Å². The summed E-state index contributed by atoms with van der Waals surface area (Å²) in [6.45, 7) is 3.97. The lowest BCUT2D eigenvalue weighted by Gasteiger charge is -2.17. The van der Waals surface area contributed by atoms with E-state index in [2.05, 4.69) is 24.4 Å². The van der Waals surface area contributed by atoms with Crippen molar-refractivity contribution in [3.05, 3.63) is 29.8 Å². The van der Waals surface area contributed by atoms with Crippen molar-refractivity contribution in [2.24, 2.45) is 0 Å². The highest BCUT2D eigenvalue weighted by molar-refractivity contribution is 5.27. The highest BCUT2D eigenvalue weighted by Crippen LogP contribution is 2.24. The fourth-order valence-electron chi connectivity index (χ4n) is 2.17. The number of benzene rings is 1. The summed E-state index contributed by atoms with van der Waals surface area (Å²) in [6, 6.07) is 8.11. The zero-order valence-electron chi connectivity index (χ0n) is 10.4. The molecule has 1 aromatic carbocycles. The molecule has 1 aliphatic rings. The number of hydrogen-bond acceptors (Lipinski definition) is 3. The summed E-state index contributed by atoms with van der Waals surface area (Å²) in [6.07, 6.45) is 2.57. The van der Waals surface area contributed by atoms with Gasteiger partial charge in [0.25, 0.3) is 0 Å². The van der Waals surface area contributed by atoms with Crippen LogP contribution in [-0.4, -0.2) is 23.9 Å². The lowest BCUT2D eigenvalue weighted by Crippen LogP contribution is -2.25. The third kappa shape index (κ3) is 3.45. The maximum atomic E-state index is 9.69. The second-order valence-electron chi connectivity index (χ2n) is 4.58. The number of nitrogens with one attached hydrogen (secondary N) is 1. The molecule has 0 heterocycles. The van der Waals surface area contributed by atoms with Crippen LogP contribution in [0.25, 0.3) is 0 Å². The quantitative estimate of drug-likeness (QED) is 0.821. The summed E-state index contributed by atoms with van der Waals surface area (Å²) in [5.41, 5.74) is 1.26. The zero-order valence-corrected chi connectivity index (χ0v) is 10.4. The minimum atomic E-state index is -0.295. The van der Waals surface area contributed by atoms with E-state index in [4.69, 9.17) is 4.74 Å². The Kier molecular flexibility index (Phi) is 4.40. The first-order valence-corrected chi connectivity index (χ1v) is 6.44. The van der Waals surface area contributed by atoms with Crippen molar-refractivity contribution < 1.29 is 9.84 Å². The fraction of sp³-hybridized carbons (Fsp3) is 0.571. The molecule has 0 aromatic heterocycles. The molecule has 3 heteroatoms. The first-order chi connectivity index (χ1) is 8.29. The van der Waals surface area contributed by atoms with Crippen molar-refractivity contribution in [3.8, 4) is 5.75 Å². The molecule has 0 radical (unpaired) electrons. The lowest BCUT2D eigenvalue weighted by molar-refractivity contribution is 0.0604. The molecule has 2 rings (SSSR count). The van der Waals surface area contributed by atoms with Gasteiger partial charge in [-0.1, -0.05) is 19.1 Å². The summed E-state index contributed by atoms with van der Waals surface area (Å²) in [5.74, 6) is 0.858. The molecule has 2 unspecified atom stereocenters. The van der Waals surface area contributed by atoms with Crippen LogP contribution in [0.5, 0.6) is 5.75 Å². The summed E-state index contributed by atoms with van der Waals surface area (Å²) < 4.78 is 5.78. The molecule has 1 aromatic rings. The monoisotopic (exact) mass is 235 g/mol. The SMILES string of the molecule is CCNCc1ccc(OC2CCCC2O)cc1. The van der Waals surface area contributed by atoms with Crippen molar-refractivity contribution in [2.75, 3.05) is 6.54 Å². The van der Waals surface area contributed by atoms with Crippen LogP contribution in [0, 0.1) is 0 Å². The largest absolute Gasteiger partial charge is 0.488 e. The Hall–Kier alpha value is -1.06. The highest BCUT2D eigenvalue weighted by Gasteiger charge is 2.26. The zero-order chi connectivity index (χ0) is 12.1. The molecule has 0 amide bonds. The van der Waals surface area contributed by atoms with Gasteiger partial charge in [-0.25, -0.2) is 0 Å². The van der Waals surface area contributed by atoms with Crippen LogP contribution < -0.4 is 10.1 Å². The van der Waals surface area contributed by atoms with Crippen LogP contribution in [0.2, 0.25) is 0 Å². The molecule has 0 aliphatic heterocycles. The van der Waals surface area contributed by atoms with Gasteiger partial charge in [-0.2, -0.15) is 0 Å². The molecular formula is C14H21NO2. The number of hydrogen-bond donors (Lipinski definition) is 2. The fourth-order valence-corrected chi connectivity index (χ4v) is 2.17. The molecule has 94 valence electrons. The Labute approximate surface area is 103 Å². The smallest absolute Gasteiger partial charge is 0.124 e. The van der Waals surface area contributed by atoms with Gasteiger partial charge in [-0.3, -0.25) is 0 Å². The first kappa shape index (κ1) is 12.4. The normalized spacial score (nSPS) is 23.9. The van der Waals surface area contributed by atoms with E-state index >= 15 is 0 Å². The summed E-state index contributed by atoms with van der Waals surface area (Å²) in [4.78, 5) is 0. The van der Waals surface area contributed by atoms with Gasteiger partial charge in [-0.05, 0) is 43.5 Å². The van der Waals surface area contributed by atoms with Crippen molar-refractivity contribution in [2.45, 2.75) is 44.9 Å². The van der Waals surface area contributed by atoms with Crippen LogP contribution >= 0.6 is 0 Å². The van der Waals surface area contributed by atoms with E-state index in [0.717, 1.165) is 38.1 Å². The molecule has 1 fully saturated rings. The molecule has 3 nitrogen and oxygen atoms in total. The molecule has 0 saturated heterocycles. The van der Waals surface area contributed by atoms with Crippen LogP contribution in [-0.2, 0) is 6.54 Å². The van der Waals surface area contributed by atoms with Gasteiger partial charge >= 0.3 is 0 Å². The molecule has 1 saturated carbocycles. The van der Waals surface area contributed by atoms with Crippen LogP contribution in [0.1, 0.15) is 31.7 Å². The number of ether oxygens (including phenoxy) is 1. The van der Waals surface area contributed by atoms with E-state index in [1.165, 1.54) is 5.56 Å². The molecular weight excluding hydrogens is 214 g/mol. The van der Waals surface area contributed by atoms with Gasteiger partial charge in [0.1, 0.15) is 11.9 Å².